The first-order valence-electron chi connectivity index (χ1n) is 20.7. The largest absolute Gasteiger partial charge is 0.480 e. The molecule has 0 aliphatic carbocycles. The van der Waals surface area contributed by atoms with Crippen LogP contribution in [0.3, 0.4) is 0 Å². The number of hydrogen-bond acceptors (Lipinski definition) is 11. The molecule has 1 aliphatic heterocycles. The summed E-state index contributed by atoms with van der Waals surface area (Å²) in [5.74, 6) is 0.651. The van der Waals surface area contributed by atoms with E-state index < -0.39 is 12.0 Å². The molecule has 1 aliphatic rings. The van der Waals surface area contributed by atoms with Gasteiger partial charge < -0.3 is 20.1 Å². The lowest BCUT2D eigenvalue weighted by molar-refractivity contribution is -0.121. The molecule has 1 atom stereocenters. The highest BCUT2D eigenvalue weighted by Gasteiger charge is 2.32. The van der Waals surface area contributed by atoms with Gasteiger partial charge in [0.2, 0.25) is 17.7 Å². The van der Waals surface area contributed by atoms with E-state index in [2.05, 4.69) is 49.6 Å². The second-order valence-electron chi connectivity index (χ2n) is 15.6. The number of anilines is 1. The Morgan fingerprint density at radius 3 is 2.53 bits per heavy atom. The molecule has 5 aromatic heterocycles. The minimum Gasteiger partial charge on any atom is -0.480 e. The zero-order valence-electron chi connectivity index (χ0n) is 35.8. The number of ether oxygens (including phenoxy) is 1. The number of aromatic carboxylic acids is 1. The lowest BCUT2D eigenvalue weighted by Gasteiger charge is -2.18. The summed E-state index contributed by atoms with van der Waals surface area (Å²) in [5, 5.41) is 32.5. The summed E-state index contributed by atoms with van der Waals surface area (Å²) in [4.78, 5) is 53.7. The highest BCUT2D eigenvalue weighted by atomic mass is 35.5. The predicted octanol–water partition coefficient (Wildman–Crippen LogP) is 8.61. The van der Waals surface area contributed by atoms with Crippen molar-refractivity contribution in [2.24, 2.45) is 4.99 Å². The van der Waals surface area contributed by atoms with Crippen molar-refractivity contribution >= 4 is 74.8 Å². The van der Waals surface area contributed by atoms with E-state index in [4.69, 9.17) is 32.9 Å². The summed E-state index contributed by atoms with van der Waals surface area (Å²) < 4.78 is 9.37. The molecule has 0 radical (unpaired) electrons. The predicted molar refractivity (Wildman–Crippen MR) is 246 cm³/mol. The Morgan fingerprint density at radius 2 is 1.77 bits per heavy atom. The fourth-order valence-electron chi connectivity index (χ4n) is 7.80. The van der Waals surface area contributed by atoms with Crippen LogP contribution in [-0.4, -0.2) is 82.5 Å². The number of carboxylic acids is 1. The number of thiophene rings is 1. The number of hydrogen-bond donors (Lipinski definition) is 3. The fourth-order valence-corrected chi connectivity index (χ4v) is 9.41. The molecule has 2 amide bonds. The Hall–Kier alpha value is -6.43. The molecule has 0 spiro atoms. The van der Waals surface area contributed by atoms with Crippen molar-refractivity contribution in [3.8, 4) is 22.0 Å². The van der Waals surface area contributed by atoms with Crippen LogP contribution in [0.1, 0.15) is 93.8 Å². The molecule has 0 bridgehead atoms. The molecule has 64 heavy (non-hydrogen) atoms. The Morgan fingerprint density at radius 1 is 0.984 bits per heavy atom. The van der Waals surface area contributed by atoms with E-state index in [0.717, 1.165) is 52.5 Å². The number of methoxy groups -OCH3 is 1. The van der Waals surface area contributed by atoms with Crippen LogP contribution in [0.4, 0.5) is 5.82 Å². The van der Waals surface area contributed by atoms with Gasteiger partial charge in [-0.25, -0.2) is 4.79 Å². The average molecular weight is 923 g/mol. The van der Waals surface area contributed by atoms with E-state index in [0.29, 0.717) is 68.8 Å². The van der Waals surface area contributed by atoms with Crippen LogP contribution in [0.15, 0.2) is 65.9 Å². The van der Waals surface area contributed by atoms with Gasteiger partial charge in [0.15, 0.2) is 5.82 Å². The second kappa shape index (κ2) is 18.7. The molecule has 7 aromatic rings. The van der Waals surface area contributed by atoms with E-state index in [1.165, 1.54) is 23.1 Å². The quantitative estimate of drug-likeness (QED) is 0.0789. The van der Waals surface area contributed by atoms with E-state index in [1.807, 2.05) is 42.0 Å². The minimum atomic E-state index is -1.06. The first-order chi connectivity index (χ1) is 30.8. The monoisotopic (exact) mass is 921 g/mol. The number of carbonyl (C=O) groups is 3. The summed E-state index contributed by atoms with van der Waals surface area (Å²) in [6.45, 7) is 6.94. The number of nitrogens with one attached hydrogen (secondary N) is 2. The maximum absolute atomic E-state index is 13.5. The van der Waals surface area contributed by atoms with Crippen molar-refractivity contribution < 1.29 is 24.2 Å². The topological polar surface area (TPSA) is 198 Å². The van der Waals surface area contributed by atoms with Gasteiger partial charge in [-0.1, -0.05) is 53.4 Å². The number of pyridine rings is 1. The molecule has 330 valence electrons. The van der Waals surface area contributed by atoms with Gasteiger partial charge in [-0.3, -0.25) is 28.7 Å². The first kappa shape index (κ1) is 44.2. The van der Waals surface area contributed by atoms with Gasteiger partial charge in [-0.15, -0.1) is 26.6 Å². The molecule has 8 rings (SSSR count). The molecule has 6 heterocycles. The van der Waals surface area contributed by atoms with Gasteiger partial charge in [0, 0.05) is 69.3 Å². The zero-order valence-corrected chi connectivity index (χ0v) is 38.1. The molecule has 19 heteroatoms. The van der Waals surface area contributed by atoms with Crippen LogP contribution in [0.5, 0.6) is 5.88 Å². The molecule has 0 saturated heterocycles. The third-order valence-electron chi connectivity index (χ3n) is 11.4. The SMILES string of the molecule is COc1nc(N(C)C(=O)CCCCCCn2cc(CNC(=O)C[C@@H]3N=C(c4ccc(Cl)cc4)c4c(sc(C)c4C)-n4c(C)nnc43)nn2)ccc1-c1cc2c(C(=O)O)c[nH]c2cc1Cl. The minimum absolute atomic E-state index is 0.0607. The number of unbranched alkanes of at least 4 members (excludes halogenated alkanes) is 3. The number of aromatic nitrogens is 8. The van der Waals surface area contributed by atoms with Crippen molar-refractivity contribution in [2.75, 3.05) is 19.1 Å². The Kier molecular flexibility index (Phi) is 12.9. The third kappa shape index (κ3) is 9.00. The van der Waals surface area contributed by atoms with Gasteiger partial charge in [-0.05, 0) is 75.6 Å². The number of rotatable bonds is 16. The Balaban J connectivity index is 0.812. The number of benzene rings is 2. The standard InChI is InChI=1S/C45H45Cl2N11O5S/c1-24-25(2)64-44-40(24)41(27-11-13-28(46)14-12-27)50-36(42-54-52-26(3)58(42)44)20-38(59)49-21-29-23-57(55-53-29)17-9-7-6-8-10-39(60)56(4)37-16-15-30(43(51-37)63-5)31-18-32-33(45(61)62)22-48-35(32)19-34(31)47/h11-16,18-19,22-23,36,48H,6-10,17,20-21H2,1-5H3,(H,49,59)(H,61,62)/t36-/m0/s1. The maximum atomic E-state index is 13.5. The molecular weight excluding hydrogens is 878 g/mol. The number of amides is 2. The molecule has 0 unspecified atom stereocenters. The molecule has 0 fully saturated rings. The van der Waals surface area contributed by atoms with Crippen molar-refractivity contribution in [1.29, 1.82) is 0 Å². The number of aliphatic imine (C=N–C) groups is 1. The van der Waals surface area contributed by atoms with Gasteiger partial charge in [0.25, 0.3) is 0 Å². The lowest BCUT2D eigenvalue weighted by atomic mass is 9.99. The summed E-state index contributed by atoms with van der Waals surface area (Å²) in [6, 6.07) is 13.8. The number of carboxylic acid groups (broad SMARTS) is 1. The normalized spacial score (nSPS) is 13.3. The molecule has 2 aromatic carbocycles. The van der Waals surface area contributed by atoms with Crippen LogP contribution >= 0.6 is 34.5 Å². The van der Waals surface area contributed by atoms with Gasteiger partial charge >= 0.3 is 5.97 Å². The number of nitrogens with zero attached hydrogens (tertiary/aromatic N) is 9. The summed E-state index contributed by atoms with van der Waals surface area (Å²) >= 11 is 14.5. The first-order valence-corrected chi connectivity index (χ1v) is 22.3. The third-order valence-corrected chi connectivity index (χ3v) is 13.1. The van der Waals surface area contributed by atoms with E-state index in [9.17, 15) is 19.5 Å². The van der Waals surface area contributed by atoms with Gasteiger partial charge in [0.05, 0.1) is 42.6 Å². The zero-order chi connectivity index (χ0) is 45.2. The van der Waals surface area contributed by atoms with E-state index in [1.54, 1.807) is 47.3 Å². The number of fused-ring (bicyclic) bond motifs is 4. The Labute approximate surface area is 382 Å². The van der Waals surface area contributed by atoms with Crippen molar-refractivity contribution in [3.05, 3.63) is 115 Å². The van der Waals surface area contributed by atoms with E-state index in [-0.39, 0.29) is 36.2 Å². The number of H-pyrrole nitrogens is 1. The maximum Gasteiger partial charge on any atom is 0.337 e. The van der Waals surface area contributed by atoms with Crippen molar-refractivity contribution in [2.45, 2.75) is 78.4 Å². The number of halogens is 2. The molecule has 3 N–H and O–H groups in total. The lowest BCUT2D eigenvalue weighted by Crippen LogP contribution is -2.26. The molecular formula is C45H45Cl2N11O5S. The second-order valence-corrected chi connectivity index (χ2v) is 17.6. The van der Waals surface area contributed by atoms with Gasteiger partial charge in [0.1, 0.15) is 28.4 Å². The summed E-state index contributed by atoms with van der Waals surface area (Å²) in [6.07, 6.45) is 6.91. The molecule has 16 nitrogen and oxygen atoms in total. The number of carbonyl (C=O) groups excluding carboxylic acids is 2. The van der Waals surface area contributed by atoms with Crippen molar-refractivity contribution in [1.82, 2.24) is 45.0 Å². The highest BCUT2D eigenvalue weighted by Crippen LogP contribution is 2.41. The van der Waals surface area contributed by atoms with E-state index >= 15 is 0 Å². The number of aromatic amines is 1. The van der Waals surface area contributed by atoms with Crippen molar-refractivity contribution in [3.63, 3.8) is 0 Å². The van der Waals surface area contributed by atoms with Crippen LogP contribution < -0.4 is 15.0 Å². The van der Waals surface area contributed by atoms with Gasteiger partial charge in [-0.2, -0.15) is 4.98 Å². The summed E-state index contributed by atoms with van der Waals surface area (Å²) in [7, 11) is 3.15. The molecule has 0 saturated carbocycles. The fraction of sp³-hybridized carbons (Fsp3) is 0.311. The van der Waals surface area contributed by atoms with Crippen LogP contribution in [0.2, 0.25) is 10.0 Å². The highest BCUT2D eigenvalue weighted by molar-refractivity contribution is 7.15. The smallest absolute Gasteiger partial charge is 0.337 e. The summed E-state index contributed by atoms with van der Waals surface area (Å²) in [5.41, 5.74) is 6.29. The Bertz CT molecular complexity index is 2940. The average Bonchev–Trinajstić information content (AvgIpc) is 4.06. The van der Waals surface area contributed by atoms with Crippen LogP contribution in [0.25, 0.3) is 27.0 Å². The van der Waals surface area contributed by atoms with Crippen LogP contribution in [0, 0.1) is 20.8 Å². The number of aryl methyl sites for hydroxylation is 3. The van der Waals surface area contributed by atoms with Crippen LogP contribution in [-0.2, 0) is 22.7 Å².